The summed E-state index contributed by atoms with van der Waals surface area (Å²) in [6.45, 7) is 0. The molecule has 0 unspecified atom stereocenters. The molecule has 0 atom stereocenters. The summed E-state index contributed by atoms with van der Waals surface area (Å²) in [6, 6.07) is 0. The Balaban J connectivity index is 0. The van der Waals surface area contributed by atoms with Gasteiger partial charge in [-0.3, -0.25) is 0 Å². The van der Waals surface area contributed by atoms with Gasteiger partial charge in [-0.15, -0.1) is 0 Å². The molecule has 0 rings (SSSR count). The molecule has 0 spiro atoms. The molecule has 0 heterocycles. The van der Waals surface area contributed by atoms with Gasteiger partial charge in [0.05, 0.1) is 0 Å². The van der Waals surface area contributed by atoms with Crippen LogP contribution in [0.1, 0.15) is 0 Å². The quantitative estimate of drug-likeness (QED) is 0.351. The molecule has 0 saturated carbocycles. The SMILES string of the molecule is [BeH2].[BeH2].[Cu].[Ni]. The second-order valence-electron chi connectivity index (χ2n) is 0. The van der Waals surface area contributed by atoms with E-state index in [1.165, 1.54) is 0 Å². The van der Waals surface area contributed by atoms with E-state index < -0.39 is 0 Å². The van der Waals surface area contributed by atoms with E-state index in [2.05, 4.69) is 0 Å². The van der Waals surface area contributed by atoms with Gasteiger partial charge in [-0.05, 0) is 0 Å². The fraction of sp³-hybridized carbons (Fsp3) is 0. The largest absolute Gasteiger partial charge is 0 e. The Hall–Kier alpha value is 1.35. The summed E-state index contributed by atoms with van der Waals surface area (Å²) in [5.74, 6) is 0. The maximum Gasteiger partial charge on any atom is 0 e. The van der Waals surface area contributed by atoms with Gasteiger partial charge >= 0.3 is 20.2 Å². The van der Waals surface area contributed by atoms with Crippen LogP contribution in [0.4, 0.5) is 0 Å². The monoisotopic (exact) mass is 143 g/mol. The zero-order chi connectivity index (χ0) is 0. The van der Waals surface area contributed by atoms with Crippen LogP contribution in [0, 0.1) is 0 Å². The summed E-state index contributed by atoms with van der Waals surface area (Å²) >= 11 is 0. The van der Waals surface area contributed by atoms with Crippen molar-refractivity contribution in [2.45, 2.75) is 0 Å². The Labute approximate surface area is 53.9 Å². The third-order valence-corrected chi connectivity index (χ3v) is 0. The second kappa shape index (κ2) is 26.8. The minimum atomic E-state index is 0. The minimum Gasteiger partial charge on any atom is 0 e. The molecule has 0 saturated heterocycles. The number of hydrogen-bond donors (Lipinski definition) is 0. The molecule has 0 aromatic heterocycles. The van der Waals surface area contributed by atoms with Crippen molar-refractivity contribution in [2.75, 3.05) is 0 Å². The van der Waals surface area contributed by atoms with Gasteiger partial charge < -0.3 is 0 Å². The molecule has 0 aliphatic carbocycles. The van der Waals surface area contributed by atoms with Crippen LogP contribution in [0.5, 0.6) is 0 Å². The Morgan fingerprint density at radius 1 is 0.750 bits per heavy atom. The zero-order valence-electron chi connectivity index (χ0n) is 0.618. The molecule has 0 aliphatic rings. The van der Waals surface area contributed by atoms with Crippen molar-refractivity contribution in [2.24, 2.45) is 0 Å². The van der Waals surface area contributed by atoms with E-state index in [0.717, 1.165) is 0 Å². The molecule has 0 aliphatic heterocycles. The summed E-state index contributed by atoms with van der Waals surface area (Å²) in [5.41, 5.74) is 0. The predicted octanol–water partition coefficient (Wildman–Crippen LogP) is -1.84. The van der Waals surface area contributed by atoms with Crippen molar-refractivity contribution < 1.29 is 33.6 Å². The third kappa shape index (κ3) is 10.1. The maximum absolute atomic E-state index is 0. The summed E-state index contributed by atoms with van der Waals surface area (Å²) < 4.78 is 0. The van der Waals surface area contributed by atoms with Gasteiger partial charge in [-0.2, -0.15) is 0 Å². The molecular weight excluding hydrogens is 140 g/mol. The van der Waals surface area contributed by atoms with Crippen molar-refractivity contribution in [1.82, 2.24) is 0 Å². The van der Waals surface area contributed by atoms with Gasteiger partial charge in [0.15, 0.2) is 0 Å². The van der Waals surface area contributed by atoms with Crippen LogP contribution in [-0.4, -0.2) is 20.2 Å². The average molecular weight is 144 g/mol. The first-order valence-electron chi connectivity index (χ1n) is 0. The van der Waals surface area contributed by atoms with Gasteiger partial charge in [0, 0.05) is 33.6 Å². The number of hydrogen-bond acceptors (Lipinski definition) is 0. The Kier molecular flexibility index (Phi) is 372. The number of rotatable bonds is 0. The van der Waals surface area contributed by atoms with Crippen LogP contribution >= 0.6 is 0 Å². The van der Waals surface area contributed by atoms with Crippen LogP contribution in [0.3, 0.4) is 0 Å². The van der Waals surface area contributed by atoms with Crippen LogP contribution in [0.15, 0.2) is 0 Å². The van der Waals surface area contributed by atoms with E-state index in [0.29, 0.717) is 0 Å². The minimum absolute atomic E-state index is 0. The fourth-order valence-corrected chi connectivity index (χ4v) is 0. The first-order valence-corrected chi connectivity index (χ1v) is 0. The van der Waals surface area contributed by atoms with Crippen molar-refractivity contribution in [3.05, 3.63) is 0 Å². The van der Waals surface area contributed by atoms with E-state index in [4.69, 9.17) is 0 Å². The Morgan fingerprint density at radius 2 is 0.750 bits per heavy atom. The zero-order valence-corrected chi connectivity index (χ0v) is 2.55. The molecule has 29 valence electrons. The third-order valence-electron chi connectivity index (χ3n) is 0. The first-order chi connectivity index (χ1) is 0. The maximum atomic E-state index is 0. The van der Waals surface area contributed by atoms with Crippen molar-refractivity contribution in [1.29, 1.82) is 0 Å². The molecule has 4 heavy (non-hydrogen) atoms. The standard InChI is InChI=1S/2Be.Cu.Ni.4H. The molecule has 0 amide bonds. The van der Waals surface area contributed by atoms with Gasteiger partial charge in [-0.1, -0.05) is 0 Å². The topological polar surface area (TPSA) is 0 Å². The van der Waals surface area contributed by atoms with E-state index in [1.54, 1.807) is 0 Å². The van der Waals surface area contributed by atoms with Crippen molar-refractivity contribution >= 4 is 20.2 Å². The molecule has 0 nitrogen and oxygen atoms in total. The van der Waals surface area contributed by atoms with E-state index >= 15 is 0 Å². The smallest absolute Gasteiger partial charge is 0 e. The van der Waals surface area contributed by atoms with Gasteiger partial charge in [0.2, 0.25) is 0 Å². The van der Waals surface area contributed by atoms with Gasteiger partial charge in [0.25, 0.3) is 0 Å². The summed E-state index contributed by atoms with van der Waals surface area (Å²) in [5, 5.41) is 0. The van der Waals surface area contributed by atoms with Crippen molar-refractivity contribution in [3.63, 3.8) is 0 Å². The molecule has 0 aromatic rings. The molecular formula is H4Be2CuNi. The van der Waals surface area contributed by atoms with Crippen LogP contribution in [0.25, 0.3) is 0 Å². The second-order valence-corrected chi connectivity index (χ2v) is 0. The summed E-state index contributed by atoms with van der Waals surface area (Å²) in [6.07, 6.45) is 0. The van der Waals surface area contributed by atoms with E-state index in [-0.39, 0.29) is 53.8 Å². The van der Waals surface area contributed by atoms with Crippen LogP contribution in [0.2, 0.25) is 0 Å². The molecule has 1 radical (unpaired) electrons. The first kappa shape index (κ1) is 55.5. The van der Waals surface area contributed by atoms with Crippen LogP contribution < -0.4 is 0 Å². The normalized spacial score (nSPS) is 0. The summed E-state index contributed by atoms with van der Waals surface area (Å²) in [4.78, 5) is 0. The van der Waals surface area contributed by atoms with Gasteiger partial charge in [-0.25, -0.2) is 0 Å². The van der Waals surface area contributed by atoms with Gasteiger partial charge in [0.1, 0.15) is 0 Å². The molecule has 4 heteroatoms. The average Bonchev–Trinajstić information content (AvgIpc) is 0. The predicted molar refractivity (Wildman–Crippen MR) is 17.1 cm³/mol. The molecule has 0 N–H and O–H groups in total. The van der Waals surface area contributed by atoms with E-state index in [1.807, 2.05) is 0 Å². The Morgan fingerprint density at radius 3 is 0.750 bits per heavy atom. The van der Waals surface area contributed by atoms with E-state index in [9.17, 15) is 0 Å². The summed E-state index contributed by atoms with van der Waals surface area (Å²) in [7, 11) is 0. The van der Waals surface area contributed by atoms with Crippen molar-refractivity contribution in [3.8, 4) is 0 Å². The molecule has 0 aromatic carbocycles. The molecule has 0 fully saturated rings. The fourth-order valence-electron chi connectivity index (χ4n) is 0. The Bertz CT molecular complexity index is 6.00. The molecule has 0 bridgehead atoms. The van der Waals surface area contributed by atoms with Crippen LogP contribution in [-0.2, 0) is 33.6 Å².